The van der Waals surface area contributed by atoms with E-state index in [0.717, 1.165) is 35.2 Å². The highest BCUT2D eigenvalue weighted by atomic mass is 79.9. The molecule has 0 amide bonds. The number of aliphatic hydroxyl groups is 2. The molecule has 0 spiro atoms. The third kappa shape index (κ3) is 2.97. The number of β-amino-alcohol motifs (C(OH)–C–C–N with tert-alkyl or cyclic N) is 1. The van der Waals surface area contributed by atoms with Gasteiger partial charge in [0.25, 0.3) is 0 Å². The Kier molecular flexibility index (Phi) is 3.70. The first-order chi connectivity index (χ1) is 8.02. The molecule has 0 aliphatic carbocycles. The molecular weight excluding hydrogens is 284 g/mol. The third-order valence-electron chi connectivity index (χ3n) is 3.05. The lowest BCUT2D eigenvalue weighted by atomic mass is 9.95. The van der Waals surface area contributed by atoms with Gasteiger partial charge in [0, 0.05) is 29.3 Å². The Labute approximate surface area is 109 Å². The fraction of sp³-hybridized carbons (Fsp3) is 0.583. The number of rotatable bonds is 2. The Morgan fingerprint density at radius 3 is 3.00 bits per heavy atom. The Morgan fingerprint density at radius 2 is 2.35 bits per heavy atom. The van der Waals surface area contributed by atoms with E-state index in [-0.39, 0.29) is 6.61 Å². The minimum Gasteiger partial charge on any atom is -0.392 e. The van der Waals surface area contributed by atoms with Crippen molar-refractivity contribution in [3.05, 3.63) is 22.3 Å². The van der Waals surface area contributed by atoms with Crippen LogP contribution in [0.2, 0.25) is 0 Å². The van der Waals surface area contributed by atoms with Crippen molar-refractivity contribution in [2.24, 2.45) is 0 Å². The van der Waals surface area contributed by atoms with Crippen molar-refractivity contribution < 1.29 is 10.2 Å². The molecular formula is C12H17BrN2O2. The molecule has 1 aromatic heterocycles. The summed E-state index contributed by atoms with van der Waals surface area (Å²) >= 11 is 3.34. The summed E-state index contributed by atoms with van der Waals surface area (Å²) in [4.78, 5) is 6.39. The van der Waals surface area contributed by atoms with Gasteiger partial charge in [0.05, 0.1) is 12.2 Å². The van der Waals surface area contributed by atoms with Crippen LogP contribution in [0.4, 0.5) is 5.82 Å². The maximum absolute atomic E-state index is 10.1. The smallest absolute Gasteiger partial charge is 0.134 e. The third-order valence-corrected chi connectivity index (χ3v) is 3.49. The molecule has 0 radical (unpaired) electrons. The summed E-state index contributed by atoms with van der Waals surface area (Å²) in [5.41, 5.74) is 0.122. The van der Waals surface area contributed by atoms with Gasteiger partial charge in [-0.25, -0.2) is 4.98 Å². The minimum absolute atomic E-state index is 0.0413. The van der Waals surface area contributed by atoms with Crippen LogP contribution in [0.1, 0.15) is 25.3 Å². The Morgan fingerprint density at radius 1 is 1.59 bits per heavy atom. The van der Waals surface area contributed by atoms with E-state index >= 15 is 0 Å². The van der Waals surface area contributed by atoms with Crippen molar-refractivity contribution in [1.29, 1.82) is 0 Å². The molecule has 2 heterocycles. The molecule has 5 heteroatoms. The van der Waals surface area contributed by atoms with E-state index in [1.165, 1.54) is 0 Å². The topological polar surface area (TPSA) is 56.6 Å². The molecule has 1 fully saturated rings. The monoisotopic (exact) mass is 300 g/mol. The van der Waals surface area contributed by atoms with Gasteiger partial charge in [-0.1, -0.05) is 0 Å². The molecule has 94 valence electrons. The first kappa shape index (κ1) is 12.8. The van der Waals surface area contributed by atoms with Crippen LogP contribution >= 0.6 is 15.9 Å². The van der Waals surface area contributed by atoms with Crippen LogP contribution < -0.4 is 4.90 Å². The second kappa shape index (κ2) is 4.92. The van der Waals surface area contributed by atoms with Crippen LogP contribution in [0.15, 0.2) is 16.7 Å². The normalized spacial score (nSPS) is 25.1. The van der Waals surface area contributed by atoms with Gasteiger partial charge < -0.3 is 15.1 Å². The highest BCUT2D eigenvalue weighted by molar-refractivity contribution is 9.10. The molecule has 4 nitrogen and oxygen atoms in total. The second-order valence-electron chi connectivity index (χ2n) is 4.82. The molecule has 2 N–H and O–H groups in total. The van der Waals surface area contributed by atoms with Gasteiger partial charge in [-0.2, -0.15) is 0 Å². The predicted molar refractivity (Wildman–Crippen MR) is 69.9 cm³/mol. The second-order valence-corrected chi connectivity index (χ2v) is 5.73. The maximum atomic E-state index is 10.1. The van der Waals surface area contributed by atoms with E-state index in [1.807, 2.05) is 17.9 Å². The van der Waals surface area contributed by atoms with Gasteiger partial charge in [0.2, 0.25) is 0 Å². The molecule has 1 aliphatic heterocycles. The van der Waals surface area contributed by atoms with Crippen molar-refractivity contribution in [3.8, 4) is 0 Å². The number of hydrogen-bond donors (Lipinski definition) is 2. The number of halogens is 1. The van der Waals surface area contributed by atoms with E-state index in [2.05, 4.69) is 20.9 Å². The zero-order valence-corrected chi connectivity index (χ0v) is 11.4. The number of anilines is 1. The summed E-state index contributed by atoms with van der Waals surface area (Å²) < 4.78 is 0.856. The van der Waals surface area contributed by atoms with Crippen LogP contribution in [0.25, 0.3) is 0 Å². The van der Waals surface area contributed by atoms with E-state index in [9.17, 15) is 10.2 Å². The first-order valence-electron chi connectivity index (χ1n) is 5.74. The average Bonchev–Trinajstić information content (AvgIpc) is 2.27. The van der Waals surface area contributed by atoms with Crippen LogP contribution in [0.3, 0.4) is 0 Å². The standard InChI is InChI=1S/C12H17BrN2O2/c1-12(17)3-2-4-15(8-12)11-9(7-16)5-10(13)6-14-11/h5-6,16-17H,2-4,7-8H2,1H3. The summed E-state index contributed by atoms with van der Waals surface area (Å²) in [7, 11) is 0. The van der Waals surface area contributed by atoms with Crippen LogP contribution in [-0.2, 0) is 6.61 Å². The minimum atomic E-state index is -0.667. The highest BCUT2D eigenvalue weighted by Crippen LogP contribution is 2.28. The van der Waals surface area contributed by atoms with Crippen LogP contribution in [-0.4, -0.2) is 33.9 Å². The lowest BCUT2D eigenvalue weighted by Crippen LogP contribution is -2.46. The largest absolute Gasteiger partial charge is 0.392 e. The van der Waals surface area contributed by atoms with Gasteiger partial charge >= 0.3 is 0 Å². The number of hydrogen-bond acceptors (Lipinski definition) is 4. The Hall–Kier alpha value is -0.650. The van der Waals surface area contributed by atoms with Crippen molar-refractivity contribution in [3.63, 3.8) is 0 Å². The van der Waals surface area contributed by atoms with E-state index < -0.39 is 5.60 Å². The molecule has 1 saturated heterocycles. The highest BCUT2D eigenvalue weighted by Gasteiger charge is 2.29. The fourth-order valence-electron chi connectivity index (χ4n) is 2.28. The molecule has 2 rings (SSSR count). The van der Waals surface area contributed by atoms with Gasteiger partial charge in [0.15, 0.2) is 0 Å². The Bertz CT molecular complexity index is 409. The SMILES string of the molecule is CC1(O)CCCN(c2ncc(Br)cc2CO)C1. The van der Waals surface area contributed by atoms with Crippen molar-refractivity contribution in [1.82, 2.24) is 4.98 Å². The molecule has 1 atom stereocenters. The molecule has 1 aliphatic rings. The van der Waals surface area contributed by atoms with Crippen LogP contribution in [0, 0.1) is 0 Å². The zero-order chi connectivity index (χ0) is 12.5. The zero-order valence-electron chi connectivity index (χ0n) is 9.86. The van der Waals surface area contributed by atoms with E-state index in [0.29, 0.717) is 6.54 Å². The molecule has 0 bridgehead atoms. The molecule has 0 aromatic carbocycles. The number of pyridine rings is 1. The lowest BCUT2D eigenvalue weighted by molar-refractivity contribution is 0.0446. The van der Waals surface area contributed by atoms with Gasteiger partial charge in [-0.3, -0.25) is 0 Å². The molecule has 1 unspecified atom stereocenters. The van der Waals surface area contributed by atoms with E-state index in [1.54, 1.807) is 6.20 Å². The van der Waals surface area contributed by atoms with Gasteiger partial charge in [-0.05, 0) is 41.8 Å². The number of piperidine rings is 1. The van der Waals surface area contributed by atoms with E-state index in [4.69, 9.17) is 0 Å². The maximum Gasteiger partial charge on any atom is 0.134 e. The Balaban J connectivity index is 2.27. The summed E-state index contributed by atoms with van der Waals surface area (Å²) in [5, 5.41) is 19.4. The first-order valence-corrected chi connectivity index (χ1v) is 6.54. The summed E-state index contributed by atoms with van der Waals surface area (Å²) in [6, 6.07) is 1.87. The summed E-state index contributed by atoms with van der Waals surface area (Å²) in [6.07, 6.45) is 3.47. The molecule has 17 heavy (non-hydrogen) atoms. The quantitative estimate of drug-likeness (QED) is 0.873. The van der Waals surface area contributed by atoms with Crippen molar-refractivity contribution in [2.75, 3.05) is 18.0 Å². The number of nitrogens with zero attached hydrogens (tertiary/aromatic N) is 2. The number of aliphatic hydroxyl groups excluding tert-OH is 1. The predicted octanol–water partition coefficient (Wildman–Crippen LogP) is 1.69. The number of aromatic nitrogens is 1. The fourth-order valence-corrected chi connectivity index (χ4v) is 2.65. The van der Waals surface area contributed by atoms with Gasteiger partial charge in [-0.15, -0.1) is 0 Å². The molecule has 0 saturated carbocycles. The average molecular weight is 301 g/mol. The summed E-state index contributed by atoms with van der Waals surface area (Å²) in [6.45, 7) is 3.24. The lowest BCUT2D eigenvalue weighted by Gasteiger charge is -2.38. The molecule has 1 aromatic rings. The van der Waals surface area contributed by atoms with Crippen LogP contribution in [0.5, 0.6) is 0 Å². The van der Waals surface area contributed by atoms with Gasteiger partial charge in [0.1, 0.15) is 5.82 Å². The van der Waals surface area contributed by atoms with Crippen molar-refractivity contribution >= 4 is 21.7 Å². The van der Waals surface area contributed by atoms with Crippen molar-refractivity contribution in [2.45, 2.75) is 32.0 Å². The summed E-state index contributed by atoms with van der Waals surface area (Å²) in [5.74, 6) is 0.774.